The molecule has 2 heterocycles. The third-order valence-electron chi connectivity index (χ3n) is 1.32. The number of rotatable bonds is 0. The molecule has 0 N–H and O–H groups in total. The van der Waals surface area contributed by atoms with Gasteiger partial charge in [0.05, 0.1) is 11.9 Å². The second-order valence-electron chi connectivity index (χ2n) is 2.21. The fourth-order valence-corrected chi connectivity index (χ4v) is 0.844. The number of aromatic nitrogens is 4. The van der Waals surface area contributed by atoms with Crippen molar-refractivity contribution in [3.63, 3.8) is 0 Å². The quantitative estimate of drug-likeness (QED) is 0.549. The molecule has 0 saturated carbocycles. The minimum atomic E-state index is 0.595. The van der Waals surface area contributed by atoms with E-state index >= 15 is 0 Å². The van der Waals surface area contributed by atoms with Gasteiger partial charge < -0.3 is 0 Å². The Morgan fingerprint density at radius 3 is 2.55 bits per heavy atom. The zero-order valence-electron chi connectivity index (χ0n) is 6.02. The molecule has 0 atom stereocenters. The van der Waals surface area contributed by atoms with Crippen molar-refractivity contribution in [3.8, 4) is 0 Å². The van der Waals surface area contributed by atoms with Gasteiger partial charge >= 0.3 is 0 Å². The average molecular weight is 146 g/mol. The molecule has 11 heavy (non-hydrogen) atoms. The molecule has 54 valence electrons. The SMILES string of the molecule is Cc1cnc2nccnc2n1. The van der Waals surface area contributed by atoms with Crippen molar-refractivity contribution < 1.29 is 0 Å². The Morgan fingerprint density at radius 1 is 1.00 bits per heavy atom. The summed E-state index contributed by atoms with van der Waals surface area (Å²) in [6, 6.07) is 0. The zero-order valence-corrected chi connectivity index (χ0v) is 6.02. The number of fused-ring (bicyclic) bond motifs is 1. The Morgan fingerprint density at radius 2 is 1.73 bits per heavy atom. The minimum Gasteiger partial charge on any atom is -0.232 e. The van der Waals surface area contributed by atoms with Crippen molar-refractivity contribution in [2.45, 2.75) is 6.92 Å². The first kappa shape index (κ1) is 6.15. The lowest BCUT2D eigenvalue weighted by Gasteiger charge is -1.93. The number of hydrogen-bond donors (Lipinski definition) is 0. The largest absolute Gasteiger partial charge is 0.232 e. The topological polar surface area (TPSA) is 51.6 Å². The monoisotopic (exact) mass is 146 g/mol. The van der Waals surface area contributed by atoms with Crippen LogP contribution in [0.4, 0.5) is 0 Å². The van der Waals surface area contributed by atoms with Crippen LogP contribution in [0, 0.1) is 6.92 Å². The lowest BCUT2D eigenvalue weighted by atomic mass is 10.5. The maximum absolute atomic E-state index is 4.14. The third-order valence-corrected chi connectivity index (χ3v) is 1.32. The molecule has 2 aromatic heterocycles. The van der Waals surface area contributed by atoms with Crippen LogP contribution in [-0.4, -0.2) is 19.9 Å². The molecule has 4 nitrogen and oxygen atoms in total. The van der Waals surface area contributed by atoms with E-state index in [2.05, 4.69) is 19.9 Å². The van der Waals surface area contributed by atoms with Crippen LogP contribution in [0.25, 0.3) is 11.3 Å². The molecule has 4 heteroatoms. The molecule has 0 fully saturated rings. The molecule has 0 radical (unpaired) electrons. The van der Waals surface area contributed by atoms with Gasteiger partial charge in [-0.1, -0.05) is 0 Å². The molecule has 2 rings (SSSR count). The second kappa shape index (κ2) is 2.23. The molecule has 0 aliphatic heterocycles. The molecular weight excluding hydrogens is 140 g/mol. The summed E-state index contributed by atoms with van der Waals surface area (Å²) >= 11 is 0. The van der Waals surface area contributed by atoms with Gasteiger partial charge in [-0.3, -0.25) is 0 Å². The molecule has 0 unspecified atom stereocenters. The fraction of sp³-hybridized carbons (Fsp3) is 0.143. The van der Waals surface area contributed by atoms with Gasteiger partial charge in [-0.15, -0.1) is 0 Å². The van der Waals surface area contributed by atoms with Crippen molar-refractivity contribution in [3.05, 3.63) is 24.3 Å². The first-order valence-corrected chi connectivity index (χ1v) is 3.26. The molecule has 0 bridgehead atoms. The molecule has 0 spiro atoms. The summed E-state index contributed by atoms with van der Waals surface area (Å²) < 4.78 is 0. The van der Waals surface area contributed by atoms with E-state index < -0.39 is 0 Å². The van der Waals surface area contributed by atoms with E-state index in [-0.39, 0.29) is 0 Å². The highest BCUT2D eigenvalue weighted by Crippen LogP contribution is 2.00. The van der Waals surface area contributed by atoms with Crippen LogP contribution in [0.15, 0.2) is 18.6 Å². The van der Waals surface area contributed by atoms with Gasteiger partial charge in [0.15, 0.2) is 11.3 Å². The number of aryl methyl sites for hydroxylation is 1. The predicted octanol–water partition coefficient (Wildman–Crippen LogP) is 0.728. The van der Waals surface area contributed by atoms with Gasteiger partial charge in [0.2, 0.25) is 0 Å². The lowest BCUT2D eigenvalue weighted by molar-refractivity contribution is 1.11. The normalized spacial score (nSPS) is 10.3. The second-order valence-corrected chi connectivity index (χ2v) is 2.21. The van der Waals surface area contributed by atoms with Gasteiger partial charge in [-0.25, -0.2) is 19.9 Å². The van der Waals surface area contributed by atoms with Crippen LogP contribution in [0.2, 0.25) is 0 Å². The predicted molar refractivity (Wildman–Crippen MR) is 39.9 cm³/mol. The van der Waals surface area contributed by atoms with Crippen molar-refractivity contribution in [1.82, 2.24) is 19.9 Å². The van der Waals surface area contributed by atoms with Crippen LogP contribution < -0.4 is 0 Å². The molecule has 0 aromatic carbocycles. The molecule has 2 aromatic rings. The highest BCUT2D eigenvalue weighted by Gasteiger charge is 1.95. The lowest BCUT2D eigenvalue weighted by Crippen LogP contribution is -1.91. The number of nitrogens with zero attached hydrogens (tertiary/aromatic N) is 4. The van der Waals surface area contributed by atoms with E-state index in [4.69, 9.17) is 0 Å². The Hall–Kier alpha value is -1.58. The smallest absolute Gasteiger partial charge is 0.198 e. The Bertz CT molecular complexity index is 385. The Kier molecular flexibility index (Phi) is 1.25. The average Bonchev–Trinajstić information content (AvgIpc) is 2.04. The summed E-state index contributed by atoms with van der Waals surface area (Å²) in [6.07, 6.45) is 4.89. The van der Waals surface area contributed by atoms with Gasteiger partial charge in [0.25, 0.3) is 0 Å². The van der Waals surface area contributed by atoms with Crippen LogP contribution >= 0.6 is 0 Å². The van der Waals surface area contributed by atoms with Gasteiger partial charge in [0.1, 0.15) is 0 Å². The Labute approximate surface area is 63.4 Å². The summed E-state index contributed by atoms with van der Waals surface area (Å²) in [5.41, 5.74) is 2.06. The highest BCUT2D eigenvalue weighted by atomic mass is 15.0. The van der Waals surface area contributed by atoms with Crippen LogP contribution in [-0.2, 0) is 0 Å². The van der Waals surface area contributed by atoms with Gasteiger partial charge in [-0.2, -0.15) is 0 Å². The fourth-order valence-electron chi connectivity index (χ4n) is 0.844. The van der Waals surface area contributed by atoms with Crippen molar-refractivity contribution in [1.29, 1.82) is 0 Å². The summed E-state index contributed by atoms with van der Waals surface area (Å²) in [7, 11) is 0. The summed E-state index contributed by atoms with van der Waals surface area (Å²) in [6.45, 7) is 1.88. The van der Waals surface area contributed by atoms with E-state index in [1.165, 1.54) is 0 Å². The summed E-state index contributed by atoms with van der Waals surface area (Å²) in [5, 5.41) is 0. The van der Waals surface area contributed by atoms with E-state index in [9.17, 15) is 0 Å². The zero-order chi connectivity index (χ0) is 7.68. The Balaban J connectivity index is 2.83. The van der Waals surface area contributed by atoms with Crippen molar-refractivity contribution >= 4 is 11.3 Å². The minimum absolute atomic E-state index is 0.595. The summed E-state index contributed by atoms with van der Waals surface area (Å²) in [4.78, 5) is 16.2. The van der Waals surface area contributed by atoms with Gasteiger partial charge in [-0.05, 0) is 6.92 Å². The van der Waals surface area contributed by atoms with Crippen molar-refractivity contribution in [2.24, 2.45) is 0 Å². The van der Waals surface area contributed by atoms with E-state index in [1.54, 1.807) is 18.6 Å². The van der Waals surface area contributed by atoms with Gasteiger partial charge in [0, 0.05) is 12.4 Å². The summed E-state index contributed by atoms with van der Waals surface area (Å²) in [5.74, 6) is 0. The highest BCUT2D eigenvalue weighted by molar-refractivity contribution is 5.62. The van der Waals surface area contributed by atoms with E-state index in [1.807, 2.05) is 6.92 Å². The molecule has 0 saturated heterocycles. The molecule has 0 aliphatic carbocycles. The van der Waals surface area contributed by atoms with Crippen molar-refractivity contribution in [2.75, 3.05) is 0 Å². The number of hydrogen-bond acceptors (Lipinski definition) is 4. The first-order chi connectivity index (χ1) is 5.36. The van der Waals surface area contributed by atoms with E-state index in [0.717, 1.165) is 5.69 Å². The van der Waals surface area contributed by atoms with Crippen LogP contribution in [0.1, 0.15) is 5.69 Å². The molecular formula is C7H6N4. The first-order valence-electron chi connectivity index (χ1n) is 3.26. The molecule has 0 aliphatic rings. The standard InChI is InChI=1S/C7H6N4/c1-5-4-10-6-7(11-5)9-3-2-8-6/h2-4H,1H3. The third kappa shape index (κ3) is 1.02. The van der Waals surface area contributed by atoms with E-state index in [0.29, 0.717) is 11.3 Å². The maximum atomic E-state index is 4.14. The van der Waals surface area contributed by atoms with Crippen LogP contribution in [0.3, 0.4) is 0 Å². The maximum Gasteiger partial charge on any atom is 0.198 e. The van der Waals surface area contributed by atoms with Crippen LogP contribution in [0.5, 0.6) is 0 Å². The molecule has 0 amide bonds.